The van der Waals surface area contributed by atoms with Crippen molar-refractivity contribution >= 4 is 45.3 Å². The van der Waals surface area contributed by atoms with Crippen molar-refractivity contribution in [2.24, 2.45) is 5.16 Å². The first kappa shape index (κ1) is 17.0. The SMILES string of the molecule is Clc1ccc(C=NOCc2nnc(-c3ccccc3Br)o2)cc1Cl. The number of rotatable bonds is 5. The standard InChI is InChI=1S/C16H10BrCl2N3O2/c17-12-4-2-1-3-11(12)16-22-21-15(24-16)9-23-20-8-10-5-6-13(18)14(19)7-10/h1-8H,9H2. The van der Waals surface area contributed by atoms with Crippen LogP contribution in [0.15, 0.2) is 56.5 Å². The van der Waals surface area contributed by atoms with Gasteiger partial charge in [-0.05, 0) is 45.8 Å². The van der Waals surface area contributed by atoms with E-state index in [1.54, 1.807) is 18.2 Å². The summed E-state index contributed by atoms with van der Waals surface area (Å²) in [5.41, 5.74) is 1.58. The first-order valence-corrected chi connectivity index (χ1v) is 8.36. The van der Waals surface area contributed by atoms with Crippen LogP contribution in [0.2, 0.25) is 10.0 Å². The Labute approximate surface area is 156 Å². The highest BCUT2D eigenvalue weighted by molar-refractivity contribution is 9.10. The lowest BCUT2D eigenvalue weighted by Gasteiger charge is -1.98. The van der Waals surface area contributed by atoms with Gasteiger partial charge in [0.25, 0.3) is 5.89 Å². The van der Waals surface area contributed by atoms with E-state index in [4.69, 9.17) is 32.5 Å². The fourth-order valence-electron chi connectivity index (χ4n) is 1.84. The van der Waals surface area contributed by atoms with Crippen LogP contribution >= 0.6 is 39.1 Å². The Kier molecular flexibility index (Phi) is 5.50. The van der Waals surface area contributed by atoms with Crippen molar-refractivity contribution in [1.82, 2.24) is 10.2 Å². The Morgan fingerprint density at radius 2 is 1.96 bits per heavy atom. The van der Waals surface area contributed by atoms with Gasteiger partial charge in [-0.2, -0.15) is 0 Å². The Morgan fingerprint density at radius 1 is 1.12 bits per heavy atom. The number of nitrogens with zero attached hydrogens (tertiary/aromatic N) is 3. The van der Waals surface area contributed by atoms with Crippen LogP contribution in [0.25, 0.3) is 11.5 Å². The molecule has 0 fully saturated rings. The first-order chi connectivity index (χ1) is 11.6. The third-order valence-electron chi connectivity index (χ3n) is 2.98. The molecule has 0 spiro atoms. The molecule has 0 saturated heterocycles. The van der Waals surface area contributed by atoms with Crippen molar-refractivity contribution in [2.45, 2.75) is 6.61 Å². The highest BCUT2D eigenvalue weighted by Gasteiger charge is 2.11. The van der Waals surface area contributed by atoms with Gasteiger partial charge in [0, 0.05) is 4.47 Å². The average molecular weight is 427 g/mol. The molecule has 0 atom stereocenters. The molecular formula is C16H10BrCl2N3O2. The predicted molar refractivity (Wildman–Crippen MR) is 96.3 cm³/mol. The molecule has 0 N–H and O–H groups in total. The molecule has 8 heteroatoms. The minimum atomic E-state index is 0.0648. The maximum absolute atomic E-state index is 5.92. The molecule has 1 heterocycles. The van der Waals surface area contributed by atoms with Crippen molar-refractivity contribution in [3.8, 4) is 11.5 Å². The summed E-state index contributed by atoms with van der Waals surface area (Å²) in [5.74, 6) is 0.738. The molecule has 0 amide bonds. The maximum Gasteiger partial charge on any atom is 0.257 e. The van der Waals surface area contributed by atoms with Crippen molar-refractivity contribution in [2.75, 3.05) is 0 Å². The maximum atomic E-state index is 5.92. The molecule has 0 saturated carbocycles. The summed E-state index contributed by atoms with van der Waals surface area (Å²) in [6.45, 7) is 0.0648. The van der Waals surface area contributed by atoms with E-state index in [-0.39, 0.29) is 6.61 Å². The van der Waals surface area contributed by atoms with Crippen LogP contribution < -0.4 is 0 Å². The molecule has 5 nitrogen and oxygen atoms in total. The van der Waals surface area contributed by atoms with E-state index in [2.05, 4.69) is 31.3 Å². The minimum absolute atomic E-state index is 0.0648. The summed E-state index contributed by atoms with van der Waals surface area (Å²) in [5, 5.41) is 12.7. The molecule has 0 unspecified atom stereocenters. The molecule has 2 aromatic carbocycles. The minimum Gasteiger partial charge on any atom is -0.417 e. The molecule has 24 heavy (non-hydrogen) atoms. The Morgan fingerprint density at radius 3 is 2.75 bits per heavy atom. The van der Waals surface area contributed by atoms with Crippen molar-refractivity contribution in [3.63, 3.8) is 0 Å². The Bertz CT molecular complexity index is 883. The quantitative estimate of drug-likeness (QED) is 0.407. The lowest BCUT2D eigenvalue weighted by molar-refractivity contribution is 0.112. The molecule has 0 radical (unpaired) electrons. The number of benzene rings is 2. The van der Waals surface area contributed by atoms with Crippen molar-refractivity contribution in [1.29, 1.82) is 0 Å². The summed E-state index contributed by atoms with van der Waals surface area (Å²) < 4.78 is 6.42. The van der Waals surface area contributed by atoms with Crippen LogP contribution in [-0.4, -0.2) is 16.4 Å². The Balaban J connectivity index is 1.60. The highest BCUT2D eigenvalue weighted by Crippen LogP contribution is 2.26. The van der Waals surface area contributed by atoms with Crippen LogP contribution in [0.1, 0.15) is 11.5 Å². The van der Waals surface area contributed by atoms with Gasteiger partial charge in [-0.1, -0.05) is 46.6 Å². The van der Waals surface area contributed by atoms with Gasteiger partial charge < -0.3 is 9.25 Å². The molecule has 1 aromatic heterocycles. The van der Waals surface area contributed by atoms with Crippen LogP contribution in [0.4, 0.5) is 0 Å². The van der Waals surface area contributed by atoms with E-state index < -0.39 is 0 Å². The number of oxime groups is 1. The summed E-state index contributed by atoms with van der Waals surface area (Å²) in [6, 6.07) is 12.7. The lowest BCUT2D eigenvalue weighted by Crippen LogP contribution is -1.88. The fourth-order valence-corrected chi connectivity index (χ4v) is 2.60. The van der Waals surface area contributed by atoms with Gasteiger partial charge in [0.05, 0.1) is 21.8 Å². The van der Waals surface area contributed by atoms with Gasteiger partial charge >= 0.3 is 0 Å². The third kappa shape index (κ3) is 4.14. The van der Waals surface area contributed by atoms with E-state index in [1.165, 1.54) is 6.21 Å². The van der Waals surface area contributed by atoms with Gasteiger partial charge in [0.15, 0.2) is 6.61 Å². The second kappa shape index (κ2) is 7.79. The van der Waals surface area contributed by atoms with E-state index in [0.717, 1.165) is 15.6 Å². The molecule has 3 aromatic rings. The largest absolute Gasteiger partial charge is 0.417 e. The first-order valence-electron chi connectivity index (χ1n) is 6.81. The summed E-state index contributed by atoms with van der Waals surface area (Å²) in [4.78, 5) is 5.16. The van der Waals surface area contributed by atoms with Gasteiger partial charge in [-0.15, -0.1) is 10.2 Å². The third-order valence-corrected chi connectivity index (χ3v) is 4.41. The monoisotopic (exact) mass is 425 g/mol. The smallest absolute Gasteiger partial charge is 0.257 e. The topological polar surface area (TPSA) is 60.5 Å². The summed E-state index contributed by atoms with van der Waals surface area (Å²) >= 11 is 15.2. The van der Waals surface area contributed by atoms with Gasteiger partial charge in [-0.25, -0.2) is 0 Å². The van der Waals surface area contributed by atoms with Gasteiger partial charge in [0.2, 0.25) is 5.89 Å². The molecule has 122 valence electrons. The van der Waals surface area contributed by atoms with Gasteiger partial charge in [-0.3, -0.25) is 0 Å². The van der Waals surface area contributed by atoms with E-state index in [9.17, 15) is 0 Å². The molecule has 0 aliphatic carbocycles. The normalized spacial score (nSPS) is 11.1. The van der Waals surface area contributed by atoms with Crippen LogP contribution in [0.5, 0.6) is 0 Å². The van der Waals surface area contributed by atoms with Crippen LogP contribution in [0, 0.1) is 0 Å². The second-order valence-corrected chi connectivity index (χ2v) is 6.33. The molecule has 0 aliphatic rings. The lowest BCUT2D eigenvalue weighted by atomic mass is 10.2. The predicted octanol–water partition coefficient (Wildman–Crippen LogP) is 5.36. The van der Waals surface area contributed by atoms with Gasteiger partial charge in [0.1, 0.15) is 0 Å². The molecular weight excluding hydrogens is 417 g/mol. The van der Waals surface area contributed by atoms with Crippen molar-refractivity contribution in [3.05, 3.63) is 68.4 Å². The second-order valence-electron chi connectivity index (χ2n) is 4.66. The molecule has 0 bridgehead atoms. The summed E-state index contributed by atoms with van der Waals surface area (Å²) in [7, 11) is 0. The van der Waals surface area contributed by atoms with Crippen LogP contribution in [-0.2, 0) is 11.4 Å². The highest BCUT2D eigenvalue weighted by atomic mass is 79.9. The summed E-state index contributed by atoms with van der Waals surface area (Å²) in [6.07, 6.45) is 1.52. The number of aromatic nitrogens is 2. The fraction of sp³-hybridized carbons (Fsp3) is 0.0625. The molecule has 3 rings (SSSR count). The van der Waals surface area contributed by atoms with Crippen LogP contribution in [0.3, 0.4) is 0 Å². The number of hydrogen-bond acceptors (Lipinski definition) is 5. The zero-order valence-electron chi connectivity index (χ0n) is 12.1. The Hall–Kier alpha value is -1.89. The average Bonchev–Trinajstić information content (AvgIpc) is 3.04. The van der Waals surface area contributed by atoms with E-state index >= 15 is 0 Å². The number of halogens is 3. The van der Waals surface area contributed by atoms with E-state index in [1.807, 2.05) is 24.3 Å². The number of hydrogen-bond donors (Lipinski definition) is 0. The van der Waals surface area contributed by atoms with E-state index in [0.29, 0.717) is 21.8 Å². The zero-order chi connectivity index (χ0) is 16.9. The molecule has 0 aliphatic heterocycles. The van der Waals surface area contributed by atoms with Crippen molar-refractivity contribution < 1.29 is 9.25 Å². The zero-order valence-corrected chi connectivity index (χ0v) is 15.2.